The number of nitro benzene ring substituents is 1. The molecule has 2 rings (SSSR count). The van der Waals surface area contributed by atoms with E-state index in [4.69, 9.17) is 14.2 Å². The van der Waals surface area contributed by atoms with Gasteiger partial charge in [0.15, 0.2) is 5.75 Å². The second-order valence-electron chi connectivity index (χ2n) is 5.51. The first-order valence-corrected chi connectivity index (χ1v) is 9.74. The first-order chi connectivity index (χ1) is 13.9. The van der Waals surface area contributed by atoms with Crippen molar-refractivity contribution in [1.82, 2.24) is 4.98 Å². The third-order valence-electron chi connectivity index (χ3n) is 3.47. The Balaban J connectivity index is 2.25. The van der Waals surface area contributed by atoms with E-state index in [1.807, 2.05) is 0 Å². The van der Waals surface area contributed by atoms with E-state index in [0.717, 1.165) is 11.3 Å². The number of nitrogens with zero attached hydrogens (tertiary/aromatic N) is 3. The van der Waals surface area contributed by atoms with Crippen LogP contribution in [0.1, 0.15) is 41.7 Å². The summed E-state index contributed by atoms with van der Waals surface area (Å²) < 4.78 is 15.8. The van der Waals surface area contributed by atoms with Crippen LogP contribution in [0.4, 0.5) is 10.8 Å². The minimum atomic E-state index is -0.534. The maximum Gasteiger partial charge on any atom is 0.350 e. The van der Waals surface area contributed by atoms with E-state index in [2.05, 4.69) is 15.5 Å². The third kappa shape index (κ3) is 5.64. The summed E-state index contributed by atoms with van der Waals surface area (Å²) in [7, 11) is 0. The quantitative estimate of drug-likeness (QED) is 0.265. The number of carbonyl (C=O) groups excluding carboxylic acids is 1. The Morgan fingerprint density at radius 2 is 2.00 bits per heavy atom. The van der Waals surface area contributed by atoms with Gasteiger partial charge in [0, 0.05) is 11.6 Å². The van der Waals surface area contributed by atoms with Crippen molar-refractivity contribution >= 4 is 34.3 Å². The van der Waals surface area contributed by atoms with E-state index in [1.165, 1.54) is 12.3 Å². The smallest absolute Gasteiger partial charge is 0.350 e. The molecule has 0 amide bonds. The average Bonchev–Trinajstić information content (AvgIpc) is 3.04. The number of benzene rings is 1. The molecule has 1 heterocycles. The summed E-state index contributed by atoms with van der Waals surface area (Å²) in [5, 5.41) is 15.9. The van der Waals surface area contributed by atoms with Crippen LogP contribution in [-0.4, -0.2) is 41.9 Å². The van der Waals surface area contributed by atoms with Gasteiger partial charge in [-0.2, -0.15) is 5.10 Å². The Morgan fingerprint density at radius 3 is 2.62 bits per heavy atom. The van der Waals surface area contributed by atoms with Crippen molar-refractivity contribution in [3.8, 4) is 11.5 Å². The molecule has 0 aliphatic rings. The number of ether oxygens (including phenoxy) is 3. The van der Waals surface area contributed by atoms with Gasteiger partial charge in [0.25, 0.3) is 0 Å². The van der Waals surface area contributed by atoms with Crippen LogP contribution in [-0.2, 0) is 4.74 Å². The molecule has 2 aromatic rings. The zero-order valence-corrected chi connectivity index (χ0v) is 17.4. The van der Waals surface area contributed by atoms with E-state index >= 15 is 0 Å². The molecule has 0 radical (unpaired) electrons. The lowest BCUT2D eigenvalue weighted by atomic mass is 10.2. The van der Waals surface area contributed by atoms with E-state index < -0.39 is 10.9 Å². The summed E-state index contributed by atoms with van der Waals surface area (Å²) in [6.07, 6.45) is 1.39. The predicted octanol–water partition coefficient (Wildman–Crippen LogP) is 3.78. The molecule has 0 atom stereocenters. The van der Waals surface area contributed by atoms with Crippen LogP contribution in [0.3, 0.4) is 0 Å². The molecule has 1 aromatic carbocycles. The van der Waals surface area contributed by atoms with Gasteiger partial charge < -0.3 is 14.2 Å². The number of carbonyl (C=O) groups is 1. The van der Waals surface area contributed by atoms with Crippen molar-refractivity contribution in [1.29, 1.82) is 0 Å². The lowest BCUT2D eigenvalue weighted by Gasteiger charge is -2.11. The molecule has 0 fully saturated rings. The Labute approximate surface area is 171 Å². The number of aryl methyl sites for hydroxylation is 1. The van der Waals surface area contributed by atoms with Crippen LogP contribution < -0.4 is 14.9 Å². The van der Waals surface area contributed by atoms with Gasteiger partial charge in [0.05, 0.1) is 36.7 Å². The molecule has 0 bridgehead atoms. The fraction of sp³-hybridized carbons (Fsp3) is 0.389. The number of hydrazone groups is 1. The average molecular weight is 422 g/mol. The SMILES string of the molecule is CCOC(=O)c1sc(N/N=C\c2cc(OCC)c(OCC)c([N+](=O)[O-])c2)nc1C. The fourth-order valence-electron chi connectivity index (χ4n) is 2.36. The highest BCUT2D eigenvalue weighted by molar-refractivity contribution is 7.17. The van der Waals surface area contributed by atoms with Gasteiger partial charge in [0.2, 0.25) is 10.9 Å². The van der Waals surface area contributed by atoms with Crippen LogP contribution in [0.15, 0.2) is 17.2 Å². The topological polar surface area (TPSA) is 125 Å². The largest absolute Gasteiger partial charge is 0.490 e. The van der Waals surface area contributed by atoms with E-state index in [1.54, 1.807) is 33.8 Å². The number of hydrogen-bond acceptors (Lipinski definition) is 10. The minimum Gasteiger partial charge on any atom is -0.490 e. The van der Waals surface area contributed by atoms with Gasteiger partial charge in [0.1, 0.15) is 4.88 Å². The van der Waals surface area contributed by atoms with E-state index in [0.29, 0.717) is 27.9 Å². The second kappa shape index (κ2) is 10.4. The monoisotopic (exact) mass is 422 g/mol. The predicted molar refractivity (Wildman–Crippen MR) is 109 cm³/mol. The van der Waals surface area contributed by atoms with Crippen LogP contribution in [0.2, 0.25) is 0 Å². The highest BCUT2D eigenvalue weighted by Gasteiger charge is 2.22. The van der Waals surface area contributed by atoms with Crippen LogP contribution in [0.25, 0.3) is 0 Å². The number of nitrogens with one attached hydrogen (secondary N) is 1. The molecule has 1 N–H and O–H groups in total. The van der Waals surface area contributed by atoms with Gasteiger partial charge in [-0.1, -0.05) is 11.3 Å². The molecule has 1 aromatic heterocycles. The zero-order chi connectivity index (χ0) is 21.4. The summed E-state index contributed by atoms with van der Waals surface area (Å²) >= 11 is 1.11. The number of aromatic nitrogens is 1. The molecule has 11 heteroatoms. The highest BCUT2D eigenvalue weighted by atomic mass is 32.1. The summed E-state index contributed by atoms with van der Waals surface area (Å²) in [6.45, 7) is 7.80. The number of hydrogen-bond donors (Lipinski definition) is 1. The maximum atomic E-state index is 11.9. The molecule has 156 valence electrons. The molecule has 0 unspecified atom stereocenters. The first-order valence-electron chi connectivity index (χ1n) is 8.92. The number of thiazole rings is 1. The summed E-state index contributed by atoms with van der Waals surface area (Å²) in [6, 6.07) is 2.94. The lowest BCUT2D eigenvalue weighted by Crippen LogP contribution is -2.03. The van der Waals surface area contributed by atoms with E-state index in [9.17, 15) is 14.9 Å². The van der Waals surface area contributed by atoms with Gasteiger partial charge in [-0.3, -0.25) is 15.5 Å². The molecule has 0 spiro atoms. The van der Waals surface area contributed by atoms with Crippen molar-refractivity contribution < 1.29 is 23.9 Å². The fourth-order valence-corrected chi connectivity index (χ4v) is 3.17. The summed E-state index contributed by atoms with van der Waals surface area (Å²) in [4.78, 5) is 27.3. The zero-order valence-electron chi connectivity index (χ0n) is 16.6. The standard InChI is InChI=1S/C18H22N4O6S/c1-5-26-14-9-12(8-13(22(24)25)15(14)27-6-2)10-19-21-18-20-11(4)16(29-18)17(23)28-7-3/h8-10H,5-7H2,1-4H3,(H,20,21)/b19-10-. The summed E-state index contributed by atoms with van der Waals surface area (Å²) in [5.41, 5.74) is 3.47. The van der Waals surface area contributed by atoms with Crippen LogP contribution >= 0.6 is 11.3 Å². The molecular weight excluding hydrogens is 400 g/mol. The van der Waals surface area contributed by atoms with Crippen molar-refractivity contribution in [2.24, 2.45) is 5.10 Å². The molecule has 0 saturated carbocycles. The van der Waals surface area contributed by atoms with Gasteiger partial charge in [-0.25, -0.2) is 9.78 Å². The minimum absolute atomic E-state index is 0.0825. The first kappa shape index (κ1) is 22.1. The third-order valence-corrected chi connectivity index (χ3v) is 4.52. The number of esters is 1. The molecule has 0 aliphatic carbocycles. The van der Waals surface area contributed by atoms with Crippen molar-refractivity contribution in [2.45, 2.75) is 27.7 Å². The van der Waals surface area contributed by atoms with Gasteiger partial charge >= 0.3 is 11.7 Å². The molecular formula is C18H22N4O6S. The maximum absolute atomic E-state index is 11.9. The van der Waals surface area contributed by atoms with Crippen molar-refractivity contribution in [3.05, 3.63) is 38.4 Å². The number of rotatable bonds is 10. The molecule has 0 saturated heterocycles. The Hall–Kier alpha value is -3.21. The molecule has 29 heavy (non-hydrogen) atoms. The number of nitro groups is 1. The molecule has 0 aliphatic heterocycles. The Bertz CT molecular complexity index is 912. The van der Waals surface area contributed by atoms with Crippen molar-refractivity contribution in [3.63, 3.8) is 0 Å². The summed E-state index contributed by atoms with van der Waals surface area (Å²) in [5.74, 6) is -0.0956. The second-order valence-corrected chi connectivity index (χ2v) is 6.51. The van der Waals surface area contributed by atoms with Crippen LogP contribution in [0.5, 0.6) is 11.5 Å². The highest BCUT2D eigenvalue weighted by Crippen LogP contribution is 2.38. The van der Waals surface area contributed by atoms with Crippen LogP contribution in [0, 0.1) is 17.0 Å². The molecule has 10 nitrogen and oxygen atoms in total. The van der Waals surface area contributed by atoms with Crippen molar-refractivity contribution in [2.75, 3.05) is 25.2 Å². The Kier molecular flexibility index (Phi) is 7.89. The lowest BCUT2D eigenvalue weighted by molar-refractivity contribution is -0.385. The van der Waals surface area contributed by atoms with E-state index in [-0.39, 0.29) is 30.4 Å². The van der Waals surface area contributed by atoms with Gasteiger partial charge in [-0.15, -0.1) is 0 Å². The van der Waals surface area contributed by atoms with Gasteiger partial charge in [-0.05, 0) is 33.8 Å². The Morgan fingerprint density at radius 1 is 1.28 bits per heavy atom. The normalized spacial score (nSPS) is 10.8. The number of anilines is 1.